The Kier molecular flexibility index (Phi) is 4.41. The maximum Gasteiger partial charge on any atom is 0.306 e. The monoisotopic (exact) mass is 318 g/mol. The first kappa shape index (κ1) is 16.7. The van der Waals surface area contributed by atoms with Crippen molar-refractivity contribution >= 4 is 11.8 Å². The van der Waals surface area contributed by atoms with Crippen LogP contribution in [0.5, 0.6) is 0 Å². The Hall–Kier alpha value is -1.12. The highest BCUT2D eigenvalue weighted by molar-refractivity contribution is 5.87. The molecule has 0 aromatic carbocycles. The van der Waals surface area contributed by atoms with Crippen LogP contribution in [0.25, 0.3) is 0 Å². The maximum absolute atomic E-state index is 12.3. The molecule has 0 N–H and O–H groups in total. The Balaban J connectivity index is 1.80. The molecular weight excluding hydrogens is 288 g/mol. The summed E-state index contributed by atoms with van der Waals surface area (Å²) in [5.41, 5.74) is 1.54. The van der Waals surface area contributed by atoms with Crippen molar-refractivity contribution in [2.45, 2.75) is 72.3 Å². The number of allylic oxidation sites excluding steroid dienone is 2. The molecule has 2 saturated carbocycles. The molecule has 1 heterocycles. The zero-order valence-electron chi connectivity index (χ0n) is 14.9. The van der Waals surface area contributed by atoms with Crippen molar-refractivity contribution in [3.8, 4) is 0 Å². The van der Waals surface area contributed by atoms with Crippen LogP contribution in [0.3, 0.4) is 0 Å². The molecule has 128 valence electrons. The number of carbonyl (C=O) groups is 2. The number of esters is 1. The first-order chi connectivity index (χ1) is 10.8. The van der Waals surface area contributed by atoms with Gasteiger partial charge < -0.3 is 4.74 Å². The molecule has 3 aliphatic rings. The van der Waals surface area contributed by atoms with Gasteiger partial charge in [0.2, 0.25) is 0 Å². The lowest BCUT2D eigenvalue weighted by Gasteiger charge is -2.47. The quantitative estimate of drug-likeness (QED) is 0.573. The molecule has 0 amide bonds. The van der Waals surface area contributed by atoms with Gasteiger partial charge in [0.1, 0.15) is 11.9 Å². The minimum atomic E-state index is -0.160. The van der Waals surface area contributed by atoms with Crippen LogP contribution >= 0.6 is 0 Å². The zero-order chi connectivity index (χ0) is 16.8. The molecule has 3 heteroatoms. The molecule has 23 heavy (non-hydrogen) atoms. The van der Waals surface area contributed by atoms with Gasteiger partial charge in [-0.25, -0.2) is 0 Å². The number of hydrogen-bond acceptors (Lipinski definition) is 3. The Morgan fingerprint density at radius 3 is 2.83 bits per heavy atom. The van der Waals surface area contributed by atoms with Crippen LogP contribution in [0.1, 0.15) is 66.2 Å². The van der Waals surface area contributed by atoms with Gasteiger partial charge in [-0.1, -0.05) is 25.5 Å². The molecule has 3 fully saturated rings. The fraction of sp³-hybridized carbons (Fsp3) is 0.800. The van der Waals surface area contributed by atoms with Gasteiger partial charge in [0.25, 0.3) is 0 Å². The summed E-state index contributed by atoms with van der Waals surface area (Å²) < 4.78 is 5.68. The van der Waals surface area contributed by atoms with Gasteiger partial charge in [0, 0.05) is 18.3 Å². The van der Waals surface area contributed by atoms with E-state index in [9.17, 15) is 9.59 Å². The first-order valence-electron chi connectivity index (χ1n) is 9.18. The molecular formula is C20H30O3. The fourth-order valence-electron chi connectivity index (χ4n) is 5.66. The summed E-state index contributed by atoms with van der Waals surface area (Å²) in [5.74, 6) is 1.49. The van der Waals surface area contributed by atoms with Crippen LogP contribution in [0.2, 0.25) is 0 Å². The summed E-state index contributed by atoms with van der Waals surface area (Å²) in [4.78, 5) is 24.2. The van der Waals surface area contributed by atoms with Crippen LogP contribution in [0, 0.1) is 29.1 Å². The second-order valence-electron chi connectivity index (χ2n) is 8.52. The van der Waals surface area contributed by atoms with E-state index in [-0.39, 0.29) is 29.3 Å². The highest BCUT2D eigenvalue weighted by Gasteiger charge is 2.62. The predicted octanol–water partition coefficient (Wildman–Crippen LogP) is 4.31. The van der Waals surface area contributed by atoms with Crippen LogP contribution < -0.4 is 0 Å². The predicted molar refractivity (Wildman–Crippen MR) is 89.8 cm³/mol. The highest BCUT2D eigenvalue weighted by Crippen LogP contribution is 2.61. The van der Waals surface area contributed by atoms with Crippen molar-refractivity contribution in [1.29, 1.82) is 0 Å². The number of Topliss-reactive ketones (excluding diaryl/α,β-unsaturated/α-hetero) is 1. The van der Waals surface area contributed by atoms with Crippen molar-refractivity contribution in [2.75, 3.05) is 0 Å². The lowest BCUT2D eigenvalue weighted by Crippen LogP contribution is -2.49. The summed E-state index contributed by atoms with van der Waals surface area (Å²) in [7, 11) is 0. The van der Waals surface area contributed by atoms with E-state index >= 15 is 0 Å². The van der Waals surface area contributed by atoms with E-state index in [1.165, 1.54) is 12.0 Å². The van der Waals surface area contributed by atoms with Crippen LogP contribution in [0.4, 0.5) is 0 Å². The third-order valence-corrected chi connectivity index (χ3v) is 6.78. The van der Waals surface area contributed by atoms with Gasteiger partial charge in [-0.3, -0.25) is 9.59 Å². The second-order valence-corrected chi connectivity index (χ2v) is 8.52. The van der Waals surface area contributed by atoms with Crippen molar-refractivity contribution in [3.05, 3.63) is 11.6 Å². The van der Waals surface area contributed by atoms with Gasteiger partial charge in [-0.15, -0.1) is 0 Å². The SMILES string of the molecule is CC(C)=CCCC(C)C1CC2OC(=O)C[C@@H]3C(=O)CC[C@@]1(C)C23. The lowest BCUT2D eigenvalue weighted by molar-refractivity contribution is -0.171. The van der Waals surface area contributed by atoms with Crippen LogP contribution in [-0.4, -0.2) is 17.9 Å². The zero-order valence-corrected chi connectivity index (χ0v) is 14.9. The minimum Gasteiger partial charge on any atom is -0.462 e. The highest BCUT2D eigenvalue weighted by atomic mass is 16.5. The Bertz CT molecular complexity index is 531. The maximum atomic E-state index is 12.3. The van der Waals surface area contributed by atoms with Crippen molar-refractivity contribution in [3.63, 3.8) is 0 Å². The normalized spacial score (nSPS) is 40.3. The summed E-state index contributed by atoms with van der Waals surface area (Å²) in [5, 5.41) is 0. The molecule has 2 aliphatic carbocycles. The summed E-state index contributed by atoms with van der Waals surface area (Å²) in [6.45, 7) is 9.00. The molecule has 3 rings (SSSR count). The van der Waals surface area contributed by atoms with E-state index in [1.807, 2.05) is 0 Å². The lowest BCUT2D eigenvalue weighted by atomic mass is 9.57. The largest absolute Gasteiger partial charge is 0.462 e. The fourth-order valence-corrected chi connectivity index (χ4v) is 5.66. The molecule has 4 unspecified atom stereocenters. The minimum absolute atomic E-state index is 0.0218. The topological polar surface area (TPSA) is 43.4 Å². The van der Waals surface area contributed by atoms with Crippen molar-refractivity contribution in [1.82, 2.24) is 0 Å². The van der Waals surface area contributed by atoms with Gasteiger partial charge >= 0.3 is 5.97 Å². The Labute approximate surface area is 139 Å². The number of hydrogen-bond donors (Lipinski definition) is 0. The van der Waals surface area contributed by atoms with E-state index in [2.05, 4.69) is 33.8 Å². The van der Waals surface area contributed by atoms with E-state index in [0.29, 0.717) is 30.5 Å². The Morgan fingerprint density at radius 1 is 1.39 bits per heavy atom. The third-order valence-electron chi connectivity index (χ3n) is 6.78. The van der Waals surface area contributed by atoms with Crippen LogP contribution in [0.15, 0.2) is 11.6 Å². The molecule has 0 aromatic heterocycles. The molecule has 3 nitrogen and oxygen atoms in total. The van der Waals surface area contributed by atoms with Crippen LogP contribution in [-0.2, 0) is 14.3 Å². The van der Waals surface area contributed by atoms with Gasteiger partial charge in [-0.2, -0.15) is 0 Å². The summed E-state index contributed by atoms with van der Waals surface area (Å²) in [6, 6.07) is 0. The van der Waals surface area contributed by atoms with E-state index in [0.717, 1.165) is 19.3 Å². The first-order valence-corrected chi connectivity index (χ1v) is 9.18. The summed E-state index contributed by atoms with van der Waals surface area (Å²) in [6.07, 6.45) is 7.47. The molecule has 1 aliphatic heterocycles. The van der Waals surface area contributed by atoms with Gasteiger partial charge in [0.05, 0.1) is 6.42 Å². The molecule has 0 bridgehead atoms. The molecule has 0 spiro atoms. The van der Waals surface area contributed by atoms with Crippen molar-refractivity contribution < 1.29 is 14.3 Å². The van der Waals surface area contributed by atoms with Crippen molar-refractivity contribution in [2.24, 2.45) is 29.1 Å². The third kappa shape index (κ3) is 2.88. The van der Waals surface area contributed by atoms with Gasteiger partial charge in [-0.05, 0) is 56.8 Å². The standard InChI is InChI=1S/C20H30O3/c1-12(2)6-5-7-13(3)15-11-17-19-14(10-18(22)23-17)16(21)8-9-20(15,19)4/h6,13-15,17,19H,5,7-11H2,1-4H3/t13?,14-,15?,17?,19?,20-/m1/s1. The van der Waals surface area contributed by atoms with E-state index in [4.69, 9.17) is 4.74 Å². The Morgan fingerprint density at radius 2 is 2.13 bits per heavy atom. The average molecular weight is 318 g/mol. The number of ether oxygens (including phenoxy) is 1. The van der Waals surface area contributed by atoms with Gasteiger partial charge in [0.15, 0.2) is 0 Å². The second kappa shape index (κ2) is 6.07. The smallest absolute Gasteiger partial charge is 0.306 e. The average Bonchev–Trinajstić information content (AvgIpc) is 2.76. The van der Waals surface area contributed by atoms with E-state index < -0.39 is 0 Å². The number of carbonyl (C=O) groups excluding carboxylic acids is 2. The molecule has 0 aromatic rings. The summed E-state index contributed by atoms with van der Waals surface area (Å²) >= 11 is 0. The molecule has 0 radical (unpaired) electrons. The number of rotatable bonds is 4. The molecule has 1 saturated heterocycles. The molecule has 6 atom stereocenters. The van der Waals surface area contributed by atoms with E-state index in [1.54, 1.807) is 0 Å². The number of ketones is 1.